The maximum atomic E-state index is 12.8. The first-order chi connectivity index (χ1) is 13.7. The molecule has 2 amide bonds. The van der Waals surface area contributed by atoms with Crippen LogP contribution in [0.25, 0.3) is 0 Å². The van der Waals surface area contributed by atoms with Crippen LogP contribution in [-0.2, 0) is 24.0 Å². The number of carbonyl (C=O) groups excluding carboxylic acids is 3. The molecule has 3 aliphatic heterocycles. The maximum Gasteiger partial charge on any atom is 0.353 e. The van der Waals surface area contributed by atoms with E-state index in [-0.39, 0.29) is 52.3 Å². The standard InChI is InChI=1S/C19H27N3O6S/c1-8(5-9(2)23)13-14-10(3)16(15(19(26)27)22(14)18(13)25)29-11-6-12(20-7-11)17(24)21-28-4/h8,10-14,20H,5-7H2,1-4H3,(H,21,24)(H,26,27)/t8-,10+,11-,12-,13+,14+/m0/s1. The normalized spacial score (nSPS) is 32.1. The van der Waals surface area contributed by atoms with Crippen molar-refractivity contribution in [1.82, 2.24) is 15.7 Å². The Bertz CT molecular complexity index is 769. The van der Waals surface area contributed by atoms with Crippen molar-refractivity contribution in [3.8, 4) is 0 Å². The quantitative estimate of drug-likeness (QED) is 0.380. The zero-order valence-corrected chi connectivity index (χ0v) is 17.7. The fourth-order valence-corrected chi connectivity index (χ4v) is 6.17. The lowest BCUT2D eigenvalue weighted by Crippen LogP contribution is -2.62. The second-order valence-electron chi connectivity index (χ2n) is 8.02. The fourth-order valence-electron chi connectivity index (χ4n) is 4.69. The van der Waals surface area contributed by atoms with Crippen molar-refractivity contribution < 1.29 is 29.1 Å². The van der Waals surface area contributed by atoms with E-state index in [1.807, 2.05) is 13.8 Å². The van der Waals surface area contributed by atoms with Crippen LogP contribution >= 0.6 is 11.8 Å². The minimum Gasteiger partial charge on any atom is -0.477 e. The second kappa shape index (κ2) is 8.45. The number of carbonyl (C=O) groups is 4. The zero-order chi connectivity index (χ0) is 21.5. The lowest BCUT2D eigenvalue weighted by atomic mass is 9.73. The fraction of sp³-hybridized carbons (Fsp3) is 0.684. The summed E-state index contributed by atoms with van der Waals surface area (Å²) < 4.78 is 0. The van der Waals surface area contributed by atoms with E-state index in [0.717, 1.165) is 0 Å². The molecule has 0 aromatic carbocycles. The zero-order valence-electron chi connectivity index (χ0n) is 16.9. The number of ketones is 1. The molecule has 2 fully saturated rings. The molecule has 3 aliphatic rings. The lowest BCUT2D eigenvalue weighted by molar-refractivity contribution is -0.160. The van der Waals surface area contributed by atoms with Gasteiger partial charge in [0.2, 0.25) is 5.91 Å². The largest absolute Gasteiger partial charge is 0.477 e. The molecule has 3 rings (SSSR count). The molecule has 0 bridgehead atoms. The van der Waals surface area contributed by atoms with Gasteiger partial charge in [-0.3, -0.25) is 14.4 Å². The number of hydrogen-bond donors (Lipinski definition) is 3. The monoisotopic (exact) mass is 425 g/mol. The molecule has 0 saturated carbocycles. The predicted molar refractivity (Wildman–Crippen MR) is 105 cm³/mol. The van der Waals surface area contributed by atoms with Gasteiger partial charge in [-0.1, -0.05) is 13.8 Å². The van der Waals surface area contributed by atoms with E-state index < -0.39 is 12.0 Å². The summed E-state index contributed by atoms with van der Waals surface area (Å²) in [5.41, 5.74) is 2.35. The van der Waals surface area contributed by atoms with Gasteiger partial charge in [0.05, 0.1) is 25.1 Å². The average Bonchev–Trinajstić information content (AvgIpc) is 3.18. The van der Waals surface area contributed by atoms with Crippen molar-refractivity contribution in [2.75, 3.05) is 13.7 Å². The number of hydroxylamine groups is 1. The maximum absolute atomic E-state index is 12.8. The molecule has 29 heavy (non-hydrogen) atoms. The third-order valence-corrected chi connectivity index (χ3v) is 7.43. The van der Waals surface area contributed by atoms with Gasteiger partial charge in [0.15, 0.2) is 0 Å². The summed E-state index contributed by atoms with van der Waals surface area (Å²) in [4.78, 5) is 54.9. The van der Waals surface area contributed by atoms with Gasteiger partial charge < -0.3 is 20.1 Å². The molecule has 10 heteroatoms. The number of rotatable bonds is 8. The van der Waals surface area contributed by atoms with Crippen LogP contribution in [0.2, 0.25) is 0 Å². The summed E-state index contributed by atoms with van der Waals surface area (Å²) in [5.74, 6) is -2.18. The van der Waals surface area contributed by atoms with Crippen molar-refractivity contribution in [1.29, 1.82) is 0 Å². The Morgan fingerprint density at radius 3 is 2.69 bits per heavy atom. The van der Waals surface area contributed by atoms with Crippen LogP contribution < -0.4 is 10.8 Å². The average molecular weight is 426 g/mol. The highest BCUT2D eigenvalue weighted by Crippen LogP contribution is 2.53. The van der Waals surface area contributed by atoms with E-state index in [1.54, 1.807) is 0 Å². The summed E-state index contributed by atoms with van der Waals surface area (Å²) in [7, 11) is 1.37. The first-order valence-corrected chi connectivity index (χ1v) is 10.6. The summed E-state index contributed by atoms with van der Waals surface area (Å²) in [6, 6.07) is -0.632. The number of carboxylic acid groups (broad SMARTS) is 1. The first kappa shape index (κ1) is 21.8. The molecule has 3 N–H and O–H groups in total. The minimum absolute atomic E-state index is 0.0105. The Morgan fingerprint density at radius 2 is 2.10 bits per heavy atom. The molecule has 0 aromatic heterocycles. The summed E-state index contributed by atoms with van der Waals surface area (Å²) in [5, 5.41) is 12.9. The van der Waals surface area contributed by atoms with Crippen LogP contribution in [0.1, 0.15) is 33.6 Å². The van der Waals surface area contributed by atoms with Crippen LogP contribution in [0.3, 0.4) is 0 Å². The van der Waals surface area contributed by atoms with Gasteiger partial charge in [-0.05, 0) is 19.3 Å². The molecule has 6 atom stereocenters. The minimum atomic E-state index is -1.12. The molecule has 0 unspecified atom stereocenters. The topological polar surface area (TPSA) is 125 Å². The molecular formula is C19H27N3O6S. The van der Waals surface area contributed by atoms with Crippen molar-refractivity contribution in [2.24, 2.45) is 17.8 Å². The third kappa shape index (κ3) is 3.93. The molecule has 160 valence electrons. The second-order valence-corrected chi connectivity index (χ2v) is 9.36. The van der Waals surface area contributed by atoms with Crippen LogP contribution in [-0.4, -0.2) is 64.6 Å². The molecule has 0 aliphatic carbocycles. The number of fused-ring (bicyclic) bond motifs is 1. The van der Waals surface area contributed by atoms with Gasteiger partial charge in [0.1, 0.15) is 11.5 Å². The van der Waals surface area contributed by atoms with E-state index >= 15 is 0 Å². The number of Topliss-reactive ketones (excluding diaryl/α,β-unsaturated/α-hetero) is 1. The number of nitrogens with zero attached hydrogens (tertiary/aromatic N) is 1. The Hall–Kier alpha value is -1.91. The van der Waals surface area contributed by atoms with Gasteiger partial charge in [0.25, 0.3) is 5.91 Å². The van der Waals surface area contributed by atoms with Crippen molar-refractivity contribution in [2.45, 2.75) is 50.9 Å². The molecular weight excluding hydrogens is 398 g/mol. The predicted octanol–water partition coefficient (Wildman–Crippen LogP) is 0.516. The summed E-state index contributed by atoms with van der Waals surface area (Å²) in [6.45, 7) is 5.87. The van der Waals surface area contributed by atoms with Crippen molar-refractivity contribution in [3.63, 3.8) is 0 Å². The van der Waals surface area contributed by atoms with Gasteiger partial charge >= 0.3 is 5.97 Å². The molecule has 9 nitrogen and oxygen atoms in total. The van der Waals surface area contributed by atoms with Gasteiger partial charge in [-0.2, -0.15) is 0 Å². The Kier molecular flexibility index (Phi) is 6.35. The van der Waals surface area contributed by atoms with Crippen LogP contribution in [0.4, 0.5) is 0 Å². The molecule has 2 saturated heterocycles. The van der Waals surface area contributed by atoms with Crippen LogP contribution in [0.15, 0.2) is 10.6 Å². The van der Waals surface area contributed by atoms with E-state index in [4.69, 9.17) is 0 Å². The number of carboxylic acids is 1. The van der Waals surface area contributed by atoms with Crippen LogP contribution in [0.5, 0.6) is 0 Å². The van der Waals surface area contributed by atoms with Crippen molar-refractivity contribution in [3.05, 3.63) is 10.6 Å². The molecule has 0 radical (unpaired) electrons. The summed E-state index contributed by atoms with van der Waals surface area (Å²) >= 11 is 1.43. The first-order valence-electron chi connectivity index (χ1n) is 9.70. The highest BCUT2D eigenvalue weighted by molar-refractivity contribution is 8.03. The van der Waals surface area contributed by atoms with E-state index in [2.05, 4.69) is 15.6 Å². The summed E-state index contributed by atoms with van der Waals surface area (Å²) in [6.07, 6.45) is 0.840. The third-order valence-electron chi connectivity index (χ3n) is 5.92. The Balaban J connectivity index is 1.75. The van der Waals surface area contributed by atoms with Gasteiger partial charge in [-0.15, -0.1) is 11.8 Å². The molecule has 0 spiro atoms. The van der Waals surface area contributed by atoms with Gasteiger partial charge in [0, 0.05) is 29.0 Å². The smallest absolute Gasteiger partial charge is 0.353 e. The molecule has 3 heterocycles. The number of β-lactam (4-membered cyclic amide) rings is 1. The van der Waals surface area contributed by atoms with Gasteiger partial charge in [-0.25, -0.2) is 10.3 Å². The number of nitrogens with one attached hydrogen (secondary N) is 2. The highest BCUT2D eigenvalue weighted by Gasteiger charge is 2.60. The van der Waals surface area contributed by atoms with E-state index in [0.29, 0.717) is 24.3 Å². The number of thioether (sulfide) groups is 1. The number of hydrogen-bond acceptors (Lipinski definition) is 7. The number of aliphatic carboxylic acids is 1. The van der Waals surface area contributed by atoms with Crippen molar-refractivity contribution >= 4 is 35.3 Å². The van der Waals surface area contributed by atoms with Crippen LogP contribution in [0, 0.1) is 17.8 Å². The molecule has 0 aromatic rings. The Morgan fingerprint density at radius 1 is 1.41 bits per heavy atom. The SMILES string of the molecule is CONC(=O)[C@@H]1C[C@H](SC2=C(C(=O)O)N3C(=O)[C@H]([C@@H](C)CC(C)=O)[C@H]3[C@H]2C)CN1. The highest BCUT2D eigenvalue weighted by atomic mass is 32.2. The number of amides is 2. The van der Waals surface area contributed by atoms with E-state index in [9.17, 15) is 24.3 Å². The lowest BCUT2D eigenvalue weighted by Gasteiger charge is -2.47. The Labute approximate surface area is 173 Å². The van der Waals surface area contributed by atoms with E-state index in [1.165, 1.54) is 30.7 Å².